The Balaban J connectivity index is 1.89. The van der Waals surface area contributed by atoms with Crippen LogP contribution < -0.4 is 10.6 Å². The highest BCUT2D eigenvalue weighted by atomic mass is 32.1. The van der Waals surface area contributed by atoms with Crippen molar-refractivity contribution in [2.75, 3.05) is 6.54 Å². The number of carbonyl (C=O) groups excluding carboxylic acids is 1. The number of hydrogen-bond donors (Lipinski definition) is 3. The molecule has 6 nitrogen and oxygen atoms in total. The number of urea groups is 1. The summed E-state index contributed by atoms with van der Waals surface area (Å²) in [5.41, 5.74) is 1.59. The van der Waals surface area contributed by atoms with Gasteiger partial charge in [-0.3, -0.25) is 4.68 Å². The van der Waals surface area contributed by atoms with E-state index in [0.29, 0.717) is 0 Å². The van der Waals surface area contributed by atoms with Crippen molar-refractivity contribution in [3.05, 3.63) is 39.8 Å². The third-order valence-corrected chi connectivity index (χ3v) is 4.29. The van der Waals surface area contributed by atoms with Crippen molar-refractivity contribution in [1.82, 2.24) is 20.4 Å². The molecule has 0 saturated carbocycles. The lowest BCUT2D eigenvalue weighted by Gasteiger charge is -2.23. The molecule has 0 spiro atoms. The van der Waals surface area contributed by atoms with Crippen LogP contribution in [0.4, 0.5) is 4.79 Å². The average molecular weight is 322 g/mol. The number of nitrogens with zero attached hydrogens (tertiary/aromatic N) is 2. The van der Waals surface area contributed by atoms with E-state index in [1.54, 1.807) is 11.6 Å². The van der Waals surface area contributed by atoms with Gasteiger partial charge in [0.05, 0.1) is 18.3 Å². The van der Waals surface area contributed by atoms with Crippen molar-refractivity contribution in [2.45, 2.75) is 32.4 Å². The van der Waals surface area contributed by atoms with Crippen molar-refractivity contribution < 1.29 is 9.90 Å². The predicted molar refractivity (Wildman–Crippen MR) is 86.8 cm³/mol. The molecule has 7 heteroatoms. The molecule has 0 aliphatic carbocycles. The van der Waals surface area contributed by atoms with Crippen LogP contribution in [0.25, 0.3) is 0 Å². The molecule has 0 aromatic carbocycles. The van der Waals surface area contributed by atoms with Crippen LogP contribution in [0.1, 0.15) is 36.7 Å². The summed E-state index contributed by atoms with van der Waals surface area (Å²) in [6.45, 7) is 5.64. The van der Waals surface area contributed by atoms with Gasteiger partial charge in [0.25, 0.3) is 0 Å². The van der Waals surface area contributed by atoms with E-state index in [9.17, 15) is 9.90 Å². The van der Waals surface area contributed by atoms with Crippen LogP contribution in [0.2, 0.25) is 0 Å². The molecule has 2 amide bonds. The highest BCUT2D eigenvalue weighted by Crippen LogP contribution is 2.22. The lowest BCUT2D eigenvalue weighted by molar-refractivity contribution is 0.0597. The van der Waals surface area contributed by atoms with Crippen molar-refractivity contribution in [2.24, 2.45) is 7.05 Å². The molecule has 0 fully saturated rings. The summed E-state index contributed by atoms with van der Waals surface area (Å²) in [6.07, 6.45) is 1.89. The number of rotatable bonds is 5. The van der Waals surface area contributed by atoms with Crippen molar-refractivity contribution in [3.63, 3.8) is 0 Å². The third-order valence-electron chi connectivity index (χ3n) is 3.60. The summed E-state index contributed by atoms with van der Waals surface area (Å²) < 4.78 is 1.72. The predicted octanol–water partition coefficient (Wildman–Crippen LogP) is 2.06. The van der Waals surface area contributed by atoms with Crippen LogP contribution in [-0.2, 0) is 12.6 Å². The van der Waals surface area contributed by atoms with E-state index in [4.69, 9.17) is 0 Å². The second-order valence-electron chi connectivity index (χ2n) is 5.68. The summed E-state index contributed by atoms with van der Waals surface area (Å²) in [7, 11) is 1.85. The van der Waals surface area contributed by atoms with E-state index in [-0.39, 0.29) is 18.6 Å². The number of aliphatic hydroxyl groups is 1. The first-order chi connectivity index (χ1) is 10.3. The topological polar surface area (TPSA) is 79.2 Å². The zero-order valence-corrected chi connectivity index (χ0v) is 14.1. The Bertz CT molecular complexity index is 634. The van der Waals surface area contributed by atoms with Gasteiger partial charge in [0, 0.05) is 18.8 Å². The first-order valence-corrected chi connectivity index (χ1v) is 8.03. The largest absolute Gasteiger partial charge is 0.384 e. The summed E-state index contributed by atoms with van der Waals surface area (Å²) >= 11 is 1.51. The molecule has 0 aliphatic heterocycles. The molecule has 0 aliphatic rings. The normalized spacial score (nSPS) is 15.1. The Morgan fingerprint density at radius 2 is 2.32 bits per heavy atom. The third kappa shape index (κ3) is 3.86. The maximum absolute atomic E-state index is 12.0. The second kappa shape index (κ2) is 6.50. The van der Waals surface area contributed by atoms with Gasteiger partial charge in [-0.2, -0.15) is 16.4 Å². The molecule has 2 unspecified atom stereocenters. The number of amides is 2. The Kier molecular flexibility index (Phi) is 4.87. The monoisotopic (exact) mass is 322 g/mol. The van der Waals surface area contributed by atoms with E-state index in [1.807, 2.05) is 43.9 Å². The van der Waals surface area contributed by atoms with Crippen LogP contribution in [0.3, 0.4) is 0 Å². The first kappa shape index (κ1) is 16.5. The fraction of sp³-hybridized carbons (Fsp3) is 0.467. The number of nitrogens with one attached hydrogen (secondary N) is 2. The van der Waals surface area contributed by atoms with Gasteiger partial charge >= 0.3 is 6.03 Å². The molecule has 2 rings (SSSR count). The van der Waals surface area contributed by atoms with Crippen molar-refractivity contribution in [1.29, 1.82) is 0 Å². The molecule has 2 aromatic rings. The number of carbonyl (C=O) groups is 1. The molecular weight excluding hydrogens is 300 g/mol. The van der Waals surface area contributed by atoms with Crippen LogP contribution in [0, 0.1) is 6.92 Å². The molecule has 2 aromatic heterocycles. The molecule has 2 heterocycles. The summed E-state index contributed by atoms with van der Waals surface area (Å²) in [4.78, 5) is 12.0. The Morgan fingerprint density at radius 1 is 1.59 bits per heavy atom. The standard InChI is InChI=1S/C15H22N4O2S/c1-10(13-7-19(4)18-11(13)2)17-14(20)16-9-15(3,21)12-5-6-22-8-12/h5-8,10,21H,9H2,1-4H3,(H2,16,17,20). The van der Waals surface area contributed by atoms with E-state index in [2.05, 4.69) is 15.7 Å². The molecule has 120 valence electrons. The molecule has 3 N–H and O–H groups in total. The maximum Gasteiger partial charge on any atom is 0.315 e. The van der Waals surface area contributed by atoms with E-state index in [1.165, 1.54) is 11.3 Å². The van der Waals surface area contributed by atoms with E-state index in [0.717, 1.165) is 16.8 Å². The van der Waals surface area contributed by atoms with Gasteiger partial charge < -0.3 is 15.7 Å². The zero-order valence-electron chi connectivity index (χ0n) is 13.3. The smallest absolute Gasteiger partial charge is 0.315 e. The van der Waals surface area contributed by atoms with Crippen LogP contribution in [0.15, 0.2) is 23.0 Å². The van der Waals surface area contributed by atoms with Gasteiger partial charge in [0.1, 0.15) is 5.60 Å². The van der Waals surface area contributed by atoms with Gasteiger partial charge in [-0.25, -0.2) is 4.79 Å². The number of hydrogen-bond acceptors (Lipinski definition) is 4. The minimum absolute atomic E-state index is 0.147. The van der Waals surface area contributed by atoms with E-state index < -0.39 is 5.60 Å². The van der Waals surface area contributed by atoms with Gasteiger partial charge in [0.2, 0.25) is 0 Å². The molecular formula is C15H22N4O2S. The van der Waals surface area contributed by atoms with E-state index >= 15 is 0 Å². The number of thiophene rings is 1. The van der Waals surface area contributed by atoms with Crippen LogP contribution >= 0.6 is 11.3 Å². The average Bonchev–Trinajstić information content (AvgIpc) is 3.06. The first-order valence-electron chi connectivity index (χ1n) is 7.09. The number of aromatic nitrogens is 2. The minimum atomic E-state index is -1.08. The lowest BCUT2D eigenvalue weighted by Crippen LogP contribution is -2.44. The Labute approximate surface area is 134 Å². The fourth-order valence-corrected chi connectivity index (χ4v) is 3.08. The lowest BCUT2D eigenvalue weighted by atomic mass is 9.99. The van der Waals surface area contributed by atoms with Gasteiger partial charge in [0.15, 0.2) is 0 Å². The van der Waals surface area contributed by atoms with Gasteiger partial charge in [-0.1, -0.05) is 0 Å². The quantitative estimate of drug-likeness (QED) is 0.788. The Morgan fingerprint density at radius 3 is 2.86 bits per heavy atom. The van der Waals surface area contributed by atoms with Crippen LogP contribution in [0.5, 0.6) is 0 Å². The molecule has 2 atom stereocenters. The SMILES string of the molecule is Cc1nn(C)cc1C(C)NC(=O)NCC(C)(O)c1ccsc1. The maximum atomic E-state index is 12.0. The summed E-state index contributed by atoms with van der Waals surface area (Å²) in [5, 5.41) is 24.0. The number of aryl methyl sites for hydroxylation is 2. The van der Waals surface area contributed by atoms with Gasteiger partial charge in [-0.15, -0.1) is 0 Å². The van der Waals surface area contributed by atoms with Crippen LogP contribution in [-0.4, -0.2) is 27.5 Å². The van der Waals surface area contributed by atoms with Crippen molar-refractivity contribution >= 4 is 17.4 Å². The summed E-state index contributed by atoms with van der Waals surface area (Å²) in [5.74, 6) is 0. The molecule has 0 saturated heterocycles. The minimum Gasteiger partial charge on any atom is -0.384 e. The zero-order chi connectivity index (χ0) is 16.3. The molecule has 0 radical (unpaired) electrons. The second-order valence-corrected chi connectivity index (χ2v) is 6.46. The highest BCUT2D eigenvalue weighted by molar-refractivity contribution is 7.08. The molecule has 0 bridgehead atoms. The highest BCUT2D eigenvalue weighted by Gasteiger charge is 2.24. The van der Waals surface area contributed by atoms with Crippen molar-refractivity contribution in [3.8, 4) is 0 Å². The Hall–Kier alpha value is -1.86. The fourth-order valence-electron chi connectivity index (χ4n) is 2.29. The summed E-state index contributed by atoms with van der Waals surface area (Å²) in [6, 6.07) is 1.39. The molecule has 22 heavy (non-hydrogen) atoms. The van der Waals surface area contributed by atoms with Gasteiger partial charge in [-0.05, 0) is 43.2 Å².